The summed E-state index contributed by atoms with van der Waals surface area (Å²) in [5, 5.41) is 13.5. The van der Waals surface area contributed by atoms with Gasteiger partial charge < -0.3 is 15.3 Å². The number of rotatable bonds is 3. The van der Waals surface area contributed by atoms with Crippen molar-refractivity contribution in [2.45, 2.75) is 75.9 Å². The lowest BCUT2D eigenvalue weighted by molar-refractivity contribution is -0.143. The van der Waals surface area contributed by atoms with Gasteiger partial charge in [-0.1, -0.05) is 19.3 Å². The van der Waals surface area contributed by atoms with Crippen LogP contribution in [0.25, 0.3) is 0 Å². The standard InChI is InChI=1S/C17H28N2O3/c20-15-10-13(12-18-15)14-6-2-5-9-19(14)16(21)11-17(22)7-3-1-4-8-17/h13-14,22H,1-12H2,(H,18,20). The number of hydrogen-bond donors (Lipinski definition) is 2. The van der Waals surface area contributed by atoms with Crippen LogP contribution in [0.4, 0.5) is 0 Å². The zero-order valence-electron chi connectivity index (χ0n) is 13.4. The van der Waals surface area contributed by atoms with Crippen LogP contribution in [0.5, 0.6) is 0 Å². The smallest absolute Gasteiger partial charge is 0.225 e. The molecule has 0 aromatic carbocycles. The average Bonchev–Trinajstić information content (AvgIpc) is 2.94. The Balaban J connectivity index is 1.64. The van der Waals surface area contributed by atoms with Gasteiger partial charge in [-0.25, -0.2) is 0 Å². The summed E-state index contributed by atoms with van der Waals surface area (Å²) in [6.45, 7) is 1.47. The van der Waals surface area contributed by atoms with E-state index < -0.39 is 5.60 Å². The zero-order chi connectivity index (χ0) is 15.6. The number of amides is 2. The van der Waals surface area contributed by atoms with Gasteiger partial charge in [0.05, 0.1) is 12.0 Å². The molecule has 3 rings (SSSR count). The molecule has 0 aromatic heterocycles. The largest absolute Gasteiger partial charge is 0.389 e. The number of hydrogen-bond acceptors (Lipinski definition) is 3. The minimum absolute atomic E-state index is 0.0912. The molecule has 3 fully saturated rings. The van der Waals surface area contributed by atoms with E-state index in [4.69, 9.17) is 0 Å². The fraction of sp³-hybridized carbons (Fsp3) is 0.882. The van der Waals surface area contributed by atoms with Gasteiger partial charge in [-0.05, 0) is 32.1 Å². The van der Waals surface area contributed by atoms with Crippen molar-refractivity contribution in [3.05, 3.63) is 0 Å². The lowest BCUT2D eigenvalue weighted by atomic mass is 9.81. The predicted molar refractivity (Wildman–Crippen MR) is 83.1 cm³/mol. The van der Waals surface area contributed by atoms with Crippen molar-refractivity contribution < 1.29 is 14.7 Å². The first-order valence-electron chi connectivity index (χ1n) is 8.86. The summed E-state index contributed by atoms with van der Waals surface area (Å²) in [4.78, 5) is 26.2. The van der Waals surface area contributed by atoms with Gasteiger partial charge in [-0.2, -0.15) is 0 Å². The van der Waals surface area contributed by atoms with Gasteiger partial charge in [0, 0.05) is 31.5 Å². The van der Waals surface area contributed by atoms with Crippen LogP contribution in [0, 0.1) is 5.92 Å². The van der Waals surface area contributed by atoms with Crippen LogP contribution < -0.4 is 5.32 Å². The van der Waals surface area contributed by atoms with Gasteiger partial charge in [0.1, 0.15) is 0 Å². The lowest BCUT2D eigenvalue weighted by Gasteiger charge is -2.41. The van der Waals surface area contributed by atoms with Crippen LogP contribution in [0.15, 0.2) is 0 Å². The highest BCUT2D eigenvalue weighted by Crippen LogP contribution is 2.34. The molecule has 2 aliphatic heterocycles. The highest BCUT2D eigenvalue weighted by molar-refractivity contribution is 5.80. The summed E-state index contributed by atoms with van der Waals surface area (Å²) < 4.78 is 0. The van der Waals surface area contributed by atoms with Gasteiger partial charge in [-0.3, -0.25) is 9.59 Å². The van der Waals surface area contributed by atoms with E-state index in [2.05, 4.69) is 5.32 Å². The average molecular weight is 308 g/mol. The summed E-state index contributed by atoms with van der Waals surface area (Å²) in [7, 11) is 0. The van der Waals surface area contributed by atoms with Crippen LogP contribution in [0.3, 0.4) is 0 Å². The Morgan fingerprint density at radius 3 is 2.68 bits per heavy atom. The second-order valence-corrected chi connectivity index (χ2v) is 7.38. The highest BCUT2D eigenvalue weighted by atomic mass is 16.3. The van der Waals surface area contributed by atoms with Crippen molar-refractivity contribution in [2.24, 2.45) is 5.92 Å². The first kappa shape index (κ1) is 15.8. The van der Waals surface area contributed by atoms with Crippen molar-refractivity contribution >= 4 is 11.8 Å². The molecule has 1 saturated carbocycles. The van der Waals surface area contributed by atoms with Gasteiger partial charge in [0.25, 0.3) is 0 Å². The van der Waals surface area contributed by atoms with Crippen molar-refractivity contribution in [1.29, 1.82) is 0 Å². The third-order valence-corrected chi connectivity index (χ3v) is 5.69. The Bertz CT molecular complexity index is 432. The SMILES string of the molecule is O=C1CC(C2CCCCN2C(=O)CC2(O)CCCCC2)CN1. The molecule has 22 heavy (non-hydrogen) atoms. The number of nitrogens with one attached hydrogen (secondary N) is 1. The minimum Gasteiger partial charge on any atom is -0.389 e. The van der Waals surface area contributed by atoms with Crippen LogP contribution >= 0.6 is 0 Å². The summed E-state index contributed by atoms with van der Waals surface area (Å²) in [6.07, 6.45) is 8.67. The molecule has 2 saturated heterocycles. The van der Waals surface area contributed by atoms with Crippen LogP contribution in [-0.2, 0) is 9.59 Å². The van der Waals surface area contributed by atoms with Gasteiger partial charge in [0.2, 0.25) is 11.8 Å². The van der Waals surface area contributed by atoms with E-state index in [1.165, 1.54) is 6.42 Å². The summed E-state index contributed by atoms with van der Waals surface area (Å²) in [6, 6.07) is 0.174. The van der Waals surface area contributed by atoms with Crippen LogP contribution in [0.2, 0.25) is 0 Å². The molecule has 0 spiro atoms. The minimum atomic E-state index is -0.791. The molecule has 2 heterocycles. The maximum Gasteiger partial charge on any atom is 0.225 e. The van der Waals surface area contributed by atoms with Crippen molar-refractivity contribution in [2.75, 3.05) is 13.1 Å². The van der Waals surface area contributed by atoms with E-state index in [9.17, 15) is 14.7 Å². The molecule has 5 heteroatoms. The maximum absolute atomic E-state index is 12.8. The molecule has 2 atom stereocenters. The molecule has 3 aliphatic rings. The van der Waals surface area contributed by atoms with E-state index in [1.54, 1.807) is 0 Å². The first-order chi connectivity index (χ1) is 10.6. The Hall–Kier alpha value is -1.10. The van der Waals surface area contributed by atoms with Gasteiger partial charge >= 0.3 is 0 Å². The van der Waals surface area contributed by atoms with Crippen LogP contribution in [-0.4, -0.2) is 46.6 Å². The van der Waals surface area contributed by atoms with Crippen molar-refractivity contribution in [3.8, 4) is 0 Å². The number of carbonyl (C=O) groups excluding carboxylic acids is 2. The van der Waals surface area contributed by atoms with Crippen molar-refractivity contribution in [3.63, 3.8) is 0 Å². The normalized spacial score (nSPS) is 31.9. The Labute approximate surface area is 132 Å². The fourth-order valence-electron chi connectivity index (χ4n) is 4.43. The molecule has 0 radical (unpaired) electrons. The third kappa shape index (κ3) is 3.45. The Morgan fingerprint density at radius 1 is 1.23 bits per heavy atom. The van der Waals surface area contributed by atoms with Crippen molar-refractivity contribution in [1.82, 2.24) is 10.2 Å². The number of nitrogens with zero attached hydrogens (tertiary/aromatic N) is 1. The first-order valence-corrected chi connectivity index (χ1v) is 8.86. The number of carbonyl (C=O) groups is 2. The zero-order valence-corrected chi connectivity index (χ0v) is 13.4. The summed E-state index contributed by atoms with van der Waals surface area (Å²) >= 11 is 0. The molecule has 0 aromatic rings. The predicted octanol–water partition coefficient (Wildman–Crippen LogP) is 1.59. The summed E-state index contributed by atoms with van der Waals surface area (Å²) in [5.74, 6) is 0.445. The molecular weight excluding hydrogens is 280 g/mol. The Kier molecular flexibility index (Phi) is 4.71. The molecular formula is C17H28N2O3. The molecule has 2 amide bonds. The lowest BCUT2D eigenvalue weighted by Crippen LogP contribution is -2.50. The Morgan fingerprint density at radius 2 is 2.00 bits per heavy atom. The van der Waals surface area contributed by atoms with Gasteiger partial charge in [0.15, 0.2) is 0 Å². The molecule has 2 unspecified atom stereocenters. The molecule has 0 bridgehead atoms. The van der Waals surface area contributed by atoms with E-state index in [0.29, 0.717) is 13.0 Å². The molecule has 5 nitrogen and oxygen atoms in total. The van der Waals surface area contributed by atoms with Crippen LogP contribution in [0.1, 0.15) is 64.2 Å². The third-order valence-electron chi connectivity index (χ3n) is 5.69. The van der Waals surface area contributed by atoms with Gasteiger partial charge in [-0.15, -0.1) is 0 Å². The fourth-order valence-corrected chi connectivity index (χ4v) is 4.43. The highest BCUT2D eigenvalue weighted by Gasteiger charge is 2.39. The number of likely N-dealkylation sites (tertiary alicyclic amines) is 1. The number of aliphatic hydroxyl groups is 1. The second-order valence-electron chi connectivity index (χ2n) is 7.38. The quantitative estimate of drug-likeness (QED) is 0.832. The van der Waals surface area contributed by atoms with E-state index in [-0.39, 0.29) is 30.2 Å². The van der Waals surface area contributed by atoms with E-state index >= 15 is 0 Å². The maximum atomic E-state index is 12.8. The van der Waals surface area contributed by atoms with E-state index in [1.807, 2.05) is 4.90 Å². The molecule has 1 aliphatic carbocycles. The topological polar surface area (TPSA) is 69.6 Å². The molecule has 124 valence electrons. The van der Waals surface area contributed by atoms with E-state index in [0.717, 1.165) is 51.5 Å². The second kappa shape index (κ2) is 6.57. The number of piperidine rings is 1. The molecule has 2 N–H and O–H groups in total. The monoisotopic (exact) mass is 308 g/mol. The summed E-state index contributed by atoms with van der Waals surface area (Å²) in [5.41, 5.74) is -0.791.